The van der Waals surface area contributed by atoms with Gasteiger partial charge in [-0.2, -0.15) is 0 Å². The lowest BCUT2D eigenvalue weighted by Crippen LogP contribution is -1.82. The van der Waals surface area contributed by atoms with E-state index in [9.17, 15) is 0 Å². The molecule has 0 bridgehead atoms. The Hall–Kier alpha value is -5.96. The summed E-state index contributed by atoms with van der Waals surface area (Å²) in [7, 11) is 0. The SMILES string of the molecule is c1ccc2c(-c3ccc4c(c3)sc3c5ccc(-c6ccc(-c7ccc(-c8ccc9c(c8)sc8c%10ccc(-c%11csc%12ccccc%11%12)cc%10sc98)cc7)cc6)cc5sc43)csc2c1. The van der Waals surface area contributed by atoms with E-state index in [1.54, 1.807) is 0 Å². The second kappa shape index (κ2) is 13.8. The maximum Gasteiger partial charge on any atom is 0.0542 e. The molecule has 6 heterocycles. The molecular formula is C56H30S6. The third-order valence-corrected chi connectivity index (χ3v) is 19.4. The molecule has 0 amide bonds. The molecule has 0 atom stereocenters. The zero-order valence-electron chi connectivity index (χ0n) is 32.8. The Morgan fingerprint density at radius 3 is 0.887 bits per heavy atom. The highest BCUT2D eigenvalue weighted by atomic mass is 32.1. The van der Waals surface area contributed by atoms with E-state index < -0.39 is 0 Å². The molecule has 0 saturated carbocycles. The average molecular weight is 895 g/mol. The van der Waals surface area contributed by atoms with Gasteiger partial charge in [0, 0.05) is 71.6 Å². The molecule has 0 nitrogen and oxygen atoms in total. The van der Waals surface area contributed by atoms with Crippen molar-refractivity contribution in [1.82, 2.24) is 0 Å². The quantitative estimate of drug-likeness (QED) is 0.161. The van der Waals surface area contributed by atoms with Crippen molar-refractivity contribution in [1.29, 1.82) is 0 Å². The lowest BCUT2D eigenvalue weighted by molar-refractivity contribution is 1.59. The van der Waals surface area contributed by atoms with Crippen LogP contribution in [0.2, 0.25) is 0 Å². The van der Waals surface area contributed by atoms with Crippen LogP contribution in [-0.2, 0) is 0 Å². The van der Waals surface area contributed by atoms with Gasteiger partial charge in [0.05, 0.1) is 18.8 Å². The van der Waals surface area contributed by atoms with Gasteiger partial charge >= 0.3 is 0 Å². The molecule has 14 aromatic rings. The molecule has 8 aromatic carbocycles. The Bertz CT molecular complexity index is 3820. The molecule has 290 valence electrons. The van der Waals surface area contributed by atoms with E-state index in [1.807, 2.05) is 68.0 Å². The van der Waals surface area contributed by atoms with E-state index in [4.69, 9.17) is 0 Å². The Morgan fingerprint density at radius 2 is 0.516 bits per heavy atom. The van der Waals surface area contributed by atoms with Gasteiger partial charge in [-0.1, -0.05) is 133 Å². The van der Waals surface area contributed by atoms with Gasteiger partial charge in [-0.05, 0) is 91.7 Å². The summed E-state index contributed by atoms with van der Waals surface area (Å²) in [5.74, 6) is 0. The summed E-state index contributed by atoms with van der Waals surface area (Å²) >= 11 is 11.4. The highest BCUT2D eigenvalue weighted by Gasteiger charge is 2.17. The number of thiophene rings is 6. The third kappa shape index (κ3) is 5.51. The summed E-state index contributed by atoms with van der Waals surface area (Å²) in [5.41, 5.74) is 12.8. The van der Waals surface area contributed by atoms with Crippen molar-refractivity contribution in [2.24, 2.45) is 0 Å². The van der Waals surface area contributed by atoms with Crippen LogP contribution in [0.4, 0.5) is 0 Å². The fourth-order valence-corrected chi connectivity index (χ4v) is 16.7. The molecule has 6 aromatic heterocycles. The zero-order chi connectivity index (χ0) is 40.5. The first-order valence-electron chi connectivity index (χ1n) is 20.6. The molecule has 0 spiro atoms. The van der Waals surface area contributed by atoms with E-state index >= 15 is 0 Å². The standard InChI is InChI=1S/C56H30S6/c1-3-7-47-39(5-1)45(29-57-47)37-19-23-43-51(27-37)61-53-41-21-17-35(25-49(41)59-55(43)53)33-13-9-31(10-14-33)32-11-15-34(16-12-32)36-18-22-42-50(26-36)60-56-44-24-20-38(28-52(44)62-54(42)56)46-30-58-48-8-4-2-6-40(46)48/h1-30H. The van der Waals surface area contributed by atoms with Gasteiger partial charge in [-0.25, -0.2) is 0 Å². The summed E-state index contributed by atoms with van der Waals surface area (Å²) in [4.78, 5) is 0. The molecule has 0 unspecified atom stereocenters. The fraction of sp³-hybridized carbons (Fsp3) is 0. The van der Waals surface area contributed by atoms with Gasteiger partial charge in [0.1, 0.15) is 0 Å². The molecule has 0 radical (unpaired) electrons. The van der Waals surface area contributed by atoms with Gasteiger partial charge in [0.15, 0.2) is 0 Å². The predicted octanol–water partition coefficient (Wildman–Crippen LogP) is 19.6. The van der Waals surface area contributed by atoms with Gasteiger partial charge in [0.2, 0.25) is 0 Å². The summed E-state index contributed by atoms with van der Waals surface area (Å²) in [5, 5.41) is 12.7. The van der Waals surface area contributed by atoms with Crippen molar-refractivity contribution in [3.63, 3.8) is 0 Å². The third-order valence-electron chi connectivity index (χ3n) is 12.5. The Labute approximate surface area is 380 Å². The van der Waals surface area contributed by atoms with Crippen molar-refractivity contribution in [2.75, 3.05) is 0 Å². The minimum absolute atomic E-state index is 1.23. The molecule has 0 saturated heterocycles. The Morgan fingerprint density at radius 1 is 0.226 bits per heavy atom. The van der Waals surface area contributed by atoms with Gasteiger partial charge in [0.25, 0.3) is 0 Å². The first-order chi connectivity index (χ1) is 30.7. The molecule has 0 aliphatic carbocycles. The summed E-state index contributed by atoms with van der Waals surface area (Å²) in [6.07, 6.45) is 0. The highest BCUT2D eigenvalue weighted by Crippen LogP contribution is 2.49. The number of rotatable bonds is 5. The van der Waals surface area contributed by atoms with Crippen LogP contribution in [0.25, 0.3) is 135 Å². The monoisotopic (exact) mass is 894 g/mol. The lowest BCUT2D eigenvalue weighted by atomic mass is 9.97. The van der Waals surface area contributed by atoms with E-state index in [-0.39, 0.29) is 0 Å². The van der Waals surface area contributed by atoms with E-state index in [0.29, 0.717) is 0 Å². The molecule has 62 heavy (non-hydrogen) atoms. The molecule has 0 aliphatic rings. The zero-order valence-corrected chi connectivity index (χ0v) is 37.7. The molecule has 0 aliphatic heterocycles. The van der Waals surface area contributed by atoms with Gasteiger partial charge in [-0.3, -0.25) is 0 Å². The van der Waals surface area contributed by atoms with Crippen LogP contribution < -0.4 is 0 Å². The van der Waals surface area contributed by atoms with E-state index in [0.717, 1.165) is 0 Å². The van der Waals surface area contributed by atoms with E-state index in [2.05, 4.69) is 181 Å². The summed E-state index contributed by atoms with van der Waals surface area (Å²) < 4.78 is 13.7. The van der Waals surface area contributed by atoms with Crippen molar-refractivity contribution in [3.05, 3.63) is 181 Å². The first-order valence-corrected chi connectivity index (χ1v) is 25.6. The molecule has 14 rings (SSSR count). The lowest BCUT2D eigenvalue weighted by Gasteiger charge is -2.07. The molecule has 6 heteroatoms. The Kier molecular flexibility index (Phi) is 7.91. The molecule has 0 fully saturated rings. The molecular weight excluding hydrogens is 865 g/mol. The largest absolute Gasteiger partial charge is 0.143 e. The predicted molar refractivity (Wildman–Crippen MR) is 281 cm³/mol. The maximum atomic E-state index is 2.39. The summed E-state index contributed by atoms with van der Waals surface area (Å²) in [6.45, 7) is 0. The fourth-order valence-electron chi connectivity index (χ4n) is 9.32. The number of fused-ring (bicyclic) bond motifs is 12. The Balaban J connectivity index is 0.716. The van der Waals surface area contributed by atoms with Crippen LogP contribution in [-0.4, -0.2) is 0 Å². The smallest absolute Gasteiger partial charge is 0.0542 e. The van der Waals surface area contributed by atoms with Crippen LogP contribution in [0.5, 0.6) is 0 Å². The van der Waals surface area contributed by atoms with Crippen LogP contribution in [0.3, 0.4) is 0 Å². The number of benzene rings is 8. The second-order valence-electron chi connectivity index (χ2n) is 16.0. The van der Waals surface area contributed by atoms with E-state index in [1.165, 1.54) is 135 Å². The van der Waals surface area contributed by atoms with Crippen LogP contribution >= 0.6 is 68.0 Å². The molecule has 0 N–H and O–H groups in total. The van der Waals surface area contributed by atoms with Crippen molar-refractivity contribution >= 4 is 147 Å². The second-order valence-corrected chi connectivity index (χ2v) is 22.0. The minimum atomic E-state index is 1.23. The topological polar surface area (TPSA) is 0 Å². The van der Waals surface area contributed by atoms with Gasteiger partial charge < -0.3 is 0 Å². The van der Waals surface area contributed by atoms with Crippen LogP contribution in [0, 0.1) is 0 Å². The van der Waals surface area contributed by atoms with Crippen LogP contribution in [0.15, 0.2) is 181 Å². The number of hydrogen-bond acceptors (Lipinski definition) is 6. The van der Waals surface area contributed by atoms with Crippen LogP contribution in [0.1, 0.15) is 0 Å². The highest BCUT2D eigenvalue weighted by molar-refractivity contribution is 7.37. The number of hydrogen-bond donors (Lipinski definition) is 0. The van der Waals surface area contributed by atoms with Crippen molar-refractivity contribution in [2.45, 2.75) is 0 Å². The average Bonchev–Trinajstić information content (AvgIpc) is 4.19. The normalized spacial score (nSPS) is 12.2. The minimum Gasteiger partial charge on any atom is -0.143 e. The summed E-state index contributed by atoms with van der Waals surface area (Å²) in [6, 6.07) is 63.7. The van der Waals surface area contributed by atoms with Crippen molar-refractivity contribution < 1.29 is 0 Å². The maximum absolute atomic E-state index is 2.39. The first kappa shape index (κ1) is 35.6. The van der Waals surface area contributed by atoms with Gasteiger partial charge in [-0.15, -0.1) is 68.0 Å². The van der Waals surface area contributed by atoms with Crippen molar-refractivity contribution in [3.8, 4) is 55.6 Å².